The van der Waals surface area contributed by atoms with Crippen molar-refractivity contribution >= 4 is 34.0 Å². The molecular weight excluding hydrogens is 364 g/mol. The Kier molecular flexibility index (Phi) is 6.17. The molecule has 150 valence electrons. The van der Waals surface area contributed by atoms with E-state index in [1.807, 2.05) is 63.2 Å². The molecule has 0 aliphatic heterocycles. The van der Waals surface area contributed by atoms with Crippen LogP contribution in [-0.2, 0) is 9.59 Å². The second kappa shape index (κ2) is 8.78. The van der Waals surface area contributed by atoms with Gasteiger partial charge in [-0.15, -0.1) is 0 Å². The molecule has 3 aromatic rings. The molecule has 2 amide bonds. The summed E-state index contributed by atoms with van der Waals surface area (Å²) in [6, 6.07) is 19.0. The van der Waals surface area contributed by atoms with E-state index < -0.39 is 0 Å². The van der Waals surface area contributed by atoms with E-state index in [1.54, 1.807) is 25.3 Å². The third kappa shape index (κ3) is 4.93. The van der Waals surface area contributed by atoms with Gasteiger partial charge in [0.25, 0.3) is 0 Å². The molecule has 5 heteroatoms. The van der Waals surface area contributed by atoms with Crippen LogP contribution in [0.4, 0.5) is 11.4 Å². The molecule has 0 aliphatic rings. The minimum atomic E-state index is -0.324. The lowest BCUT2D eigenvalue weighted by Gasteiger charge is -2.15. The van der Waals surface area contributed by atoms with Crippen LogP contribution in [0.3, 0.4) is 0 Å². The Labute approximate surface area is 171 Å². The first-order valence-corrected chi connectivity index (χ1v) is 9.67. The van der Waals surface area contributed by atoms with Crippen LogP contribution in [0.25, 0.3) is 10.8 Å². The maximum Gasteiger partial charge on any atom is 0.231 e. The van der Waals surface area contributed by atoms with Crippen LogP contribution >= 0.6 is 0 Å². The van der Waals surface area contributed by atoms with Gasteiger partial charge in [-0.25, -0.2) is 0 Å². The summed E-state index contributed by atoms with van der Waals surface area (Å²) >= 11 is 0. The molecule has 0 saturated carbocycles. The Morgan fingerprint density at radius 2 is 1.41 bits per heavy atom. The summed E-state index contributed by atoms with van der Waals surface area (Å²) in [5.41, 5.74) is 2.24. The quantitative estimate of drug-likeness (QED) is 0.609. The predicted octanol–water partition coefficient (Wildman–Crippen LogP) is 5.19. The summed E-state index contributed by atoms with van der Waals surface area (Å²) in [5, 5.41) is 7.90. The lowest BCUT2D eigenvalue weighted by Crippen LogP contribution is -2.20. The number of amides is 2. The van der Waals surface area contributed by atoms with Crippen molar-refractivity contribution in [2.24, 2.45) is 5.92 Å². The van der Waals surface area contributed by atoms with Crippen molar-refractivity contribution in [3.8, 4) is 5.75 Å². The average molecular weight is 390 g/mol. The highest BCUT2D eigenvalue weighted by atomic mass is 16.5. The molecule has 3 aromatic carbocycles. The van der Waals surface area contributed by atoms with Crippen LogP contribution < -0.4 is 15.4 Å². The fourth-order valence-electron chi connectivity index (χ4n) is 3.00. The Hall–Kier alpha value is -3.34. The van der Waals surface area contributed by atoms with E-state index in [-0.39, 0.29) is 23.7 Å². The van der Waals surface area contributed by atoms with E-state index in [4.69, 9.17) is 4.74 Å². The number of hydrogen-bond donors (Lipinski definition) is 2. The zero-order valence-corrected chi connectivity index (χ0v) is 17.2. The summed E-state index contributed by atoms with van der Waals surface area (Å²) in [5.74, 6) is 0.205. The molecule has 2 N–H and O–H groups in total. The van der Waals surface area contributed by atoms with Crippen molar-refractivity contribution in [3.05, 3.63) is 66.2 Å². The molecule has 0 aromatic heterocycles. The molecule has 3 rings (SSSR count). The zero-order valence-electron chi connectivity index (χ0n) is 17.2. The molecule has 0 aliphatic carbocycles. The predicted molar refractivity (Wildman–Crippen MR) is 117 cm³/mol. The summed E-state index contributed by atoms with van der Waals surface area (Å²) in [7, 11) is 1.64. The molecule has 1 atom stereocenters. The van der Waals surface area contributed by atoms with Gasteiger partial charge in [0.1, 0.15) is 5.75 Å². The average Bonchev–Trinajstić information content (AvgIpc) is 2.72. The van der Waals surface area contributed by atoms with Crippen molar-refractivity contribution in [1.29, 1.82) is 0 Å². The van der Waals surface area contributed by atoms with E-state index >= 15 is 0 Å². The maximum absolute atomic E-state index is 12.8. The third-order valence-corrected chi connectivity index (χ3v) is 4.89. The van der Waals surface area contributed by atoms with E-state index in [2.05, 4.69) is 10.6 Å². The van der Waals surface area contributed by atoms with Gasteiger partial charge in [-0.05, 0) is 53.6 Å². The van der Waals surface area contributed by atoms with E-state index in [0.29, 0.717) is 11.4 Å². The van der Waals surface area contributed by atoms with Gasteiger partial charge in [0, 0.05) is 17.3 Å². The maximum atomic E-state index is 12.8. The Bertz CT molecular complexity index is 1040. The summed E-state index contributed by atoms with van der Waals surface area (Å²) < 4.78 is 5.26. The van der Waals surface area contributed by atoms with Gasteiger partial charge in [-0.1, -0.05) is 44.2 Å². The normalized spacial score (nSPS) is 11.9. The van der Waals surface area contributed by atoms with Crippen molar-refractivity contribution in [2.75, 3.05) is 17.7 Å². The summed E-state index contributed by atoms with van der Waals surface area (Å²) in [4.78, 5) is 24.7. The fourth-order valence-corrected chi connectivity index (χ4v) is 3.00. The number of hydrogen-bond acceptors (Lipinski definition) is 3. The number of carbonyl (C=O) groups excluding carboxylic acids is 2. The molecule has 0 spiro atoms. The lowest BCUT2D eigenvalue weighted by molar-refractivity contribution is -0.119. The second-order valence-electron chi connectivity index (χ2n) is 7.41. The van der Waals surface area contributed by atoms with E-state index in [0.717, 1.165) is 22.1 Å². The molecule has 0 radical (unpaired) electrons. The number of ether oxygens (including phenoxy) is 1. The van der Waals surface area contributed by atoms with Crippen molar-refractivity contribution in [1.82, 2.24) is 0 Å². The fraction of sp³-hybridized carbons (Fsp3) is 0.250. The zero-order chi connectivity index (χ0) is 21.0. The highest BCUT2D eigenvalue weighted by Crippen LogP contribution is 2.26. The first-order chi connectivity index (χ1) is 13.9. The highest BCUT2D eigenvalue weighted by molar-refractivity contribution is 5.98. The number of carbonyl (C=O) groups is 2. The number of fused-ring (bicyclic) bond motifs is 1. The van der Waals surface area contributed by atoms with Crippen molar-refractivity contribution in [2.45, 2.75) is 26.7 Å². The highest BCUT2D eigenvalue weighted by Gasteiger charge is 2.16. The Morgan fingerprint density at radius 3 is 2.07 bits per heavy atom. The molecular formula is C24H26N2O3. The molecule has 0 saturated heterocycles. The van der Waals surface area contributed by atoms with Crippen LogP contribution in [0.15, 0.2) is 60.7 Å². The first kappa shape index (κ1) is 20.4. The minimum Gasteiger partial charge on any atom is -0.497 e. The first-order valence-electron chi connectivity index (χ1n) is 9.67. The Morgan fingerprint density at radius 1 is 0.793 bits per heavy atom. The van der Waals surface area contributed by atoms with Crippen molar-refractivity contribution < 1.29 is 14.3 Å². The topological polar surface area (TPSA) is 67.4 Å². The smallest absolute Gasteiger partial charge is 0.231 e. The molecule has 0 bridgehead atoms. The summed E-state index contributed by atoms with van der Waals surface area (Å²) in [6.07, 6.45) is 0. The number of methoxy groups -OCH3 is 1. The van der Waals surface area contributed by atoms with Gasteiger partial charge in [0.05, 0.1) is 13.0 Å². The number of nitrogens with one attached hydrogen (secondary N) is 2. The number of rotatable bonds is 6. The van der Waals surface area contributed by atoms with Gasteiger partial charge in [0.15, 0.2) is 0 Å². The van der Waals surface area contributed by atoms with Crippen molar-refractivity contribution in [3.63, 3.8) is 0 Å². The van der Waals surface area contributed by atoms with Crippen LogP contribution in [-0.4, -0.2) is 18.9 Å². The van der Waals surface area contributed by atoms with Gasteiger partial charge >= 0.3 is 0 Å². The van der Waals surface area contributed by atoms with Gasteiger partial charge < -0.3 is 15.4 Å². The minimum absolute atomic E-state index is 0.0605. The Balaban J connectivity index is 1.73. The van der Waals surface area contributed by atoms with Crippen LogP contribution in [0, 0.1) is 5.92 Å². The molecule has 5 nitrogen and oxygen atoms in total. The molecule has 0 heterocycles. The van der Waals surface area contributed by atoms with Crippen LogP contribution in [0.1, 0.15) is 32.3 Å². The van der Waals surface area contributed by atoms with Gasteiger partial charge in [-0.2, -0.15) is 0 Å². The monoisotopic (exact) mass is 390 g/mol. The molecule has 0 unspecified atom stereocenters. The largest absolute Gasteiger partial charge is 0.497 e. The summed E-state index contributed by atoms with van der Waals surface area (Å²) in [6.45, 7) is 5.55. The van der Waals surface area contributed by atoms with Gasteiger partial charge in [0.2, 0.25) is 11.8 Å². The second-order valence-corrected chi connectivity index (χ2v) is 7.41. The SMILES string of the molecule is COc1ccc2cc([C@H](C)C(=O)Nc3cccc(NC(=O)C(C)C)c3)ccc2c1. The third-order valence-electron chi connectivity index (χ3n) is 4.89. The standard InChI is InChI=1S/C24H26N2O3/c1-15(2)23(27)25-20-6-5-7-21(14-20)26-24(28)16(3)17-8-9-19-13-22(29-4)11-10-18(19)12-17/h5-16H,1-4H3,(H,25,27)(H,26,28)/t16-/m0/s1. The molecule has 29 heavy (non-hydrogen) atoms. The van der Waals surface area contributed by atoms with Crippen LogP contribution in [0.2, 0.25) is 0 Å². The number of anilines is 2. The lowest BCUT2D eigenvalue weighted by atomic mass is 9.97. The van der Waals surface area contributed by atoms with Crippen LogP contribution in [0.5, 0.6) is 5.75 Å². The number of benzene rings is 3. The van der Waals surface area contributed by atoms with E-state index in [9.17, 15) is 9.59 Å². The van der Waals surface area contributed by atoms with E-state index in [1.165, 1.54) is 0 Å². The van der Waals surface area contributed by atoms with Gasteiger partial charge in [-0.3, -0.25) is 9.59 Å². The molecule has 0 fully saturated rings.